The molecule has 6 nitrogen and oxygen atoms in total. The molecule has 2 rings (SSSR count). The van der Waals surface area contributed by atoms with Gasteiger partial charge in [0.2, 0.25) is 0 Å². The molecule has 0 N–H and O–H groups in total. The number of hydrogen-bond acceptors (Lipinski definition) is 4. The summed E-state index contributed by atoms with van der Waals surface area (Å²) in [5.41, 5.74) is -1.01. The molecule has 10 heteroatoms. The molecular weight excluding hydrogens is 409 g/mol. The van der Waals surface area contributed by atoms with Gasteiger partial charge < -0.3 is 4.74 Å². The third kappa shape index (κ3) is 4.23. The van der Waals surface area contributed by atoms with Gasteiger partial charge in [-0.3, -0.25) is 15.0 Å². The number of rotatable bonds is 1. The number of carbonyl (C=O) groups is 1. The number of alkyl halides is 3. The van der Waals surface area contributed by atoms with Gasteiger partial charge in [0.1, 0.15) is 11.6 Å². The van der Waals surface area contributed by atoms with Gasteiger partial charge in [-0.25, -0.2) is 4.79 Å². The quantitative estimate of drug-likeness (QED) is 0.470. The number of nitro groups is 1. The van der Waals surface area contributed by atoms with Gasteiger partial charge in [-0.2, -0.15) is 13.2 Å². The first-order valence-corrected chi connectivity index (χ1v) is 8.16. The minimum atomic E-state index is -4.66. The molecule has 0 spiro atoms. The van der Waals surface area contributed by atoms with Crippen LogP contribution < -0.4 is 4.90 Å². The Labute approximate surface area is 150 Å². The van der Waals surface area contributed by atoms with E-state index in [1.807, 2.05) is 0 Å². The number of nitrogens with zero attached hydrogens (tertiary/aromatic N) is 2. The van der Waals surface area contributed by atoms with Crippen molar-refractivity contribution in [2.24, 2.45) is 0 Å². The molecule has 138 valence electrons. The fourth-order valence-corrected chi connectivity index (χ4v) is 3.30. The van der Waals surface area contributed by atoms with E-state index in [9.17, 15) is 28.1 Å². The van der Waals surface area contributed by atoms with Crippen LogP contribution in [0.25, 0.3) is 0 Å². The zero-order chi connectivity index (χ0) is 19.2. The van der Waals surface area contributed by atoms with Crippen LogP contribution in [0.15, 0.2) is 16.6 Å². The molecule has 1 aliphatic rings. The van der Waals surface area contributed by atoms with Crippen molar-refractivity contribution in [3.8, 4) is 0 Å². The molecule has 0 saturated carbocycles. The lowest BCUT2D eigenvalue weighted by atomic mass is 9.95. The van der Waals surface area contributed by atoms with Gasteiger partial charge in [0.05, 0.1) is 10.6 Å². The Morgan fingerprint density at radius 3 is 2.44 bits per heavy atom. The van der Waals surface area contributed by atoms with E-state index >= 15 is 0 Å². The van der Waals surface area contributed by atoms with Crippen LogP contribution in [0.1, 0.15) is 32.8 Å². The highest BCUT2D eigenvalue weighted by atomic mass is 79.9. The van der Waals surface area contributed by atoms with Gasteiger partial charge >= 0.3 is 12.3 Å². The molecule has 1 atom stereocenters. The maximum absolute atomic E-state index is 13.4. The smallest absolute Gasteiger partial charge is 0.415 e. The van der Waals surface area contributed by atoms with E-state index < -0.39 is 35.3 Å². The predicted molar refractivity (Wildman–Crippen MR) is 87.7 cm³/mol. The highest BCUT2D eigenvalue weighted by Crippen LogP contribution is 2.44. The highest BCUT2D eigenvalue weighted by molar-refractivity contribution is 9.10. The average molecular weight is 425 g/mol. The minimum Gasteiger partial charge on any atom is -0.443 e. The third-order valence-corrected chi connectivity index (χ3v) is 4.15. The molecule has 0 fully saturated rings. The number of nitro benzene ring substituents is 1. The van der Waals surface area contributed by atoms with E-state index in [0.29, 0.717) is 4.90 Å². The van der Waals surface area contributed by atoms with Crippen molar-refractivity contribution in [3.63, 3.8) is 0 Å². The van der Waals surface area contributed by atoms with E-state index in [1.54, 1.807) is 20.8 Å². The zero-order valence-electron chi connectivity index (χ0n) is 13.7. The summed E-state index contributed by atoms with van der Waals surface area (Å²) in [6.45, 7) is 4.63. The number of carbonyl (C=O) groups excluding carboxylic acids is 1. The third-order valence-electron chi connectivity index (χ3n) is 3.55. The van der Waals surface area contributed by atoms with Crippen molar-refractivity contribution in [1.29, 1.82) is 0 Å². The molecule has 1 heterocycles. The standard InChI is InChI=1S/C15H16BrF3N2O4/c1-14(2,3)25-13(22)20-11(15(17,18)19)5-4-8-6-9(21(23)24)7-10(16)12(8)20/h6-7,11H,4-5H2,1-3H3. The number of ether oxygens (including phenoxy) is 1. The maximum Gasteiger partial charge on any atom is 0.415 e. The maximum atomic E-state index is 13.4. The summed E-state index contributed by atoms with van der Waals surface area (Å²) in [4.78, 5) is 23.3. The van der Waals surface area contributed by atoms with Crippen molar-refractivity contribution >= 4 is 33.4 Å². The summed E-state index contributed by atoms with van der Waals surface area (Å²) in [6.07, 6.45) is -6.25. The summed E-state index contributed by atoms with van der Waals surface area (Å²) < 4.78 is 45.5. The van der Waals surface area contributed by atoms with Crippen molar-refractivity contribution in [1.82, 2.24) is 0 Å². The van der Waals surface area contributed by atoms with E-state index in [1.165, 1.54) is 6.07 Å². The summed E-state index contributed by atoms with van der Waals surface area (Å²) in [7, 11) is 0. The summed E-state index contributed by atoms with van der Waals surface area (Å²) >= 11 is 3.06. The summed E-state index contributed by atoms with van der Waals surface area (Å²) in [5.74, 6) is 0. The largest absolute Gasteiger partial charge is 0.443 e. The molecule has 0 aliphatic carbocycles. The second-order valence-corrected chi connectivity index (χ2v) is 7.49. The van der Waals surface area contributed by atoms with Crippen LogP contribution in [0.4, 0.5) is 29.3 Å². The lowest BCUT2D eigenvalue weighted by molar-refractivity contribution is -0.385. The van der Waals surface area contributed by atoms with Crippen molar-refractivity contribution < 1.29 is 27.6 Å². The monoisotopic (exact) mass is 424 g/mol. The summed E-state index contributed by atoms with van der Waals surface area (Å²) in [6, 6.07) is 0.201. The molecule has 1 aromatic carbocycles. The first-order valence-electron chi connectivity index (χ1n) is 7.37. The van der Waals surface area contributed by atoms with Gasteiger partial charge in [0.15, 0.2) is 0 Å². The minimum absolute atomic E-state index is 0.0384. The Hall–Kier alpha value is -1.84. The number of fused-ring (bicyclic) bond motifs is 1. The van der Waals surface area contributed by atoms with Gasteiger partial charge in [-0.1, -0.05) is 0 Å². The van der Waals surface area contributed by atoms with E-state index in [-0.39, 0.29) is 27.8 Å². The van der Waals surface area contributed by atoms with Crippen LogP contribution in [-0.4, -0.2) is 28.8 Å². The molecule has 0 aromatic heterocycles. The van der Waals surface area contributed by atoms with Crippen LogP contribution in [0.3, 0.4) is 0 Å². The van der Waals surface area contributed by atoms with Crippen LogP contribution in [0.5, 0.6) is 0 Å². The molecule has 25 heavy (non-hydrogen) atoms. The molecule has 0 bridgehead atoms. The van der Waals surface area contributed by atoms with Gasteiger partial charge in [-0.05, 0) is 55.1 Å². The lowest BCUT2D eigenvalue weighted by Crippen LogP contribution is -2.53. The zero-order valence-corrected chi connectivity index (χ0v) is 15.3. The van der Waals surface area contributed by atoms with Gasteiger partial charge in [0.25, 0.3) is 5.69 Å². The number of benzene rings is 1. The van der Waals surface area contributed by atoms with Crippen LogP contribution in [-0.2, 0) is 11.2 Å². The van der Waals surface area contributed by atoms with Crippen LogP contribution >= 0.6 is 15.9 Å². The second kappa shape index (κ2) is 6.47. The normalized spacial score (nSPS) is 17.9. The number of hydrogen-bond donors (Lipinski definition) is 0. The molecule has 1 aromatic rings. The molecule has 1 aliphatic heterocycles. The highest BCUT2D eigenvalue weighted by Gasteiger charge is 2.50. The Morgan fingerprint density at radius 2 is 1.96 bits per heavy atom. The van der Waals surface area contributed by atoms with Gasteiger partial charge in [-0.15, -0.1) is 0 Å². The molecule has 1 amide bonds. The van der Waals surface area contributed by atoms with Crippen molar-refractivity contribution in [3.05, 3.63) is 32.3 Å². The van der Waals surface area contributed by atoms with Crippen LogP contribution in [0.2, 0.25) is 0 Å². The molecule has 0 saturated heterocycles. The Morgan fingerprint density at radius 1 is 1.36 bits per heavy atom. The van der Waals surface area contributed by atoms with Gasteiger partial charge in [0, 0.05) is 16.6 Å². The Kier molecular flexibility index (Phi) is 5.04. The molecule has 1 unspecified atom stereocenters. The van der Waals surface area contributed by atoms with Crippen LogP contribution in [0, 0.1) is 10.1 Å². The number of anilines is 1. The topological polar surface area (TPSA) is 72.7 Å². The Bertz CT molecular complexity index is 716. The van der Waals surface area contributed by atoms with Crippen molar-refractivity contribution in [2.45, 2.75) is 51.4 Å². The van der Waals surface area contributed by atoms with E-state index in [4.69, 9.17) is 4.74 Å². The van der Waals surface area contributed by atoms with E-state index in [0.717, 1.165) is 6.07 Å². The van der Waals surface area contributed by atoms with Crippen molar-refractivity contribution in [2.75, 3.05) is 4.90 Å². The fraction of sp³-hybridized carbons (Fsp3) is 0.533. The second-order valence-electron chi connectivity index (χ2n) is 6.64. The lowest BCUT2D eigenvalue weighted by Gasteiger charge is -2.39. The number of amides is 1. The first-order chi connectivity index (χ1) is 11.3. The number of non-ortho nitro benzene ring substituents is 1. The Balaban J connectivity index is 2.59. The first kappa shape index (κ1) is 19.5. The number of halogens is 4. The molecular formula is C15H16BrF3N2O4. The predicted octanol–water partition coefficient (Wildman–Crippen LogP) is 4.98. The fourth-order valence-electron chi connectivity index (χ4n) is 2.62. The number of aryl methyl sites for hydroxylation is 1. The summed E-state index contributed by atoms with van der Waals surface area (Å²) in [5, 5.41) is 11.0. The molecule has 0 radical (unpaired) electrons. The van der Waals surface area contributed by atoms with E-state index in [2.05, 4.69) is 15.9 Å². The average Bonchev–Trinajstić information content (AvgIpc) is 2.42. The SMILES string of the molecule is CC(C)(C)OC(=O)N1c2c(Br)cc([N+](=O)[O-])cc2CCC1C(F)(F)F.